The van der Waals surface area contributed by atoms with Crippen LogP contribution in [-0.4, -0.2) is 35.8 Å². The van der Waals surface area contributed by atoms with Gasteiger partial charge in [-0.25, -0.2) is 14.8 Å². The van der Waals surface area contributed by atoms with Gasteiger partial charge in [0.15, 0.2) is 5.69 Å². The average molecular weight is 428 g/mol. The number of para-hydroxylation sites is 1. The van der Waals surface area contributed by atoms with Crippen molar-refractivity contribution in [2.24, 2.45) is 18.1 Å². The summed E-state index contributed by atoms with van der Waals surface area (Å²) in [7, 11) is 2.08. The minimum Gasteiger partial charge on any atom is -0.347 e. The molecule has 0 saturated carbocycles. The number of aryl methyl sites for hydroxylation is 3. The maximum absolute atomic E-state index is 12.6. The number of carbonyl (C=O) groups is 1. The van der Waals surface area contributed by atoms with Crippen LogP contribution in [0.25, 0.3) is 10.9 Å². The van der Waals surface area contributed by atoms with Gasteiger partial charge in [0, 0.05) is 60.3 Å². The molecule has 1 unspecified atom stereocenters. The van der Waals surface area contributed by atoms with E-state index in [0.29, 0.717) is 5.69 Å². The lowest BCUT2D eigenvalue weighted by Gasteiger charge is -2.25. The molecule has 1 aromatic carbocycles. The first kappa shape index (κ1) is 20.1. The Balaban J connectivity index is 1.57. The number of hydrogen-bond donors (Lipinski definition) is 0. The van der Waals surface area contributed by atoms with E-state index >= 15 is 0 Å². The smallest absolute Gasteiger partial charge is 0.347 e. The Labute approximate surface area is 185 Å². The number of nitrogens with zero attached hydrogens (tertiary/aromatic N) is 6. The van der Waals surface area contributed by atoms with Crippen LogP contribution in [0.2, 0.25) is 0 Å². The molecule has 0 aliphatic heterocycles. The van der Waals surface area contributed by atoms with Gasteiger partial charge in [0.1, 0.15) is 5.82 Å². The van der Waals surface area contributed by atoms with E-state index in [1.54, 1.807) is 19.3 Å². The van der Waals surface area contributed by atoms with Crippen LogP contribution >= 0.6 is 0 Å². The Hall–Kier alpha value is -3.81. The molecular weight excluding hydrogens is 404 g/mol. The average Bonchev–Trinajstić information content (AvgIpc) is 3.33. The van der Waals surface area contributed by atoms with Crippen molar-refractivity contribution in [3.63, 3.8) is 0 Å². The summed E-state index contributed by atoms with van der Waals surface area (Å²) in [6.07, 6.45) is 8.58. The minimum atomic E-state index is -0.612. The summed E-state index contributed by atoms with van der Waals surface area (Å²) in [5.41, 5.74) is 4.97. The van der Waals surface area contributed by atoms with E-state index in [1.807, 2.05) is 25.3 Å². The predicted octanol–water partition coefficient (Wildman–Crippen LogP) is 3.61. The van der Waals surface area contributed by atoms with E-state index in [-0.39, 0.29) is 11.6 Å². The molecule has 162 valence electrons. The van der Waals surface area contributed by atoms with Crippen LogP contribution in [0.1, 0.15) is 39.7 Å². The maximum Gasteiger partial charge on any atom is 0.385 e. The van der Waals surface area contributed by atoms with Crippen LogP contribution < -0.4 is 0 Å². The van der Waals surface area contributed by atoms with Crippen molar-refractivity contribution in [3.8, 4) is 0 Å². The molecule has 0 spiro atoms. The second-order valence-electron chi connectivity index (χ2n) is 8.16. The quantitative estimate of drug-likeness (QED) is 0.366. The van der Waals surface area contributed by atoms with Gasteiger partial charge in [-0.3, -0.25) is 4.98 Å². The third-order valence-corrected chi connectivity index (χ3v) is 6.13. The van der Waals surface area contributed by atoms with Crippen molar-refractivity contribution in [1.82, 2.24) is 24.1 Å². The summed E-state index contributed by atoms with van der Waals surface area (Å²) >= 11 is 0. The summed E-state index contributed by atoms with van der Waals surface area (Å²) in [5, 5.41) is 5.55. The number of carbonyl (C=O) groups excluding carboxylic acids is 1. The summed E-state index contributed by atoms with van der Waals surface area (Å²) in [6.45, 7) is 4.48. The van der Waals surface area contributed by atoms with Crippen LogP contribution in [0.5, 0.6) is 0 Å². The highest BCUT2D eigenvalue weighted by Crippen LogP contribution is 2.35. The number of aromatic nitrogens is 5. The molecule has 4 aromatic rings. The fourth-order valence-electron chi connectivity index (χ4n) is 4.51. The monoisotopic (exact) mass is 428 g/mol. The fourth-order valence-corrected chi connectivity index (χ4v) is 4.51. The number of hydrogen-bond acceptors (Lipinski definition) is 6. The molecule has 3 aromatic heterocycles. The van der Waals surface area contributed by atoms with Gasteiger partial charge in [-0.2, -0.15) is 0 Å². The molecule has 1 aliphatic carbocycles. The van der Waals surface area contributed by atoms with E-state index in [2.05, 4.69) is 48.4 Å². The Morgan fingerprint density at radius 1 is 1.25 bits per heavy atom. The van der Waals surface area contributed by atoms with E-state index in [1.165, 1.54) is 11.9 Å². The van der Waals surface area contributed by atoms with Crippen molar-refractivity contribution in [2.75, 3.05) is 0 Å². The van der Waals surface area contributed by atoms with Crippen molar-refractivity contribution < 1.29 is 9.63 Å². The highest BCUT2D eigenvalue weighted by Gasteiger charge is 2.32. The molecule has 32 heavy (non-hydrogen) atoms. The molecule has 0 radical (unpaired) electrons. The zero-order chi connectivity index (χ0) is 22.2. The molecule has 3 heterocycles. The van der Waals surface area contributed by atoms with Crippen molar-refractivity contribution in [1.29, 1.82) is 0 Å². The summed E-state index contributed by atoms with van der Waals surface area (Å²) in [4.78, 5) is 30.7. The van der Waals surface area contributed by atoms with Gasteiger partial charge in [0.2, 0.25) is 0 Å². The van der Waals surface area contributed by atoms with Gasteiger partial charge < -0.3 is 14.0 Å². The molecule has 1 atom stereocenters. The Bertz CT molecular complexity index is 1350. The number of imidazole rings is 1. The molecular formula is C24H24N6O2. The van der Waals surface area contributed by atoms with Crippen LogP contribution in [0.3, 0.4) is 0 Å². The number of benzene rings is 1. The molecule has 8 heteroatoms. The standard InChI is InChI=1S/C24H24N6O2/c1-15-12-25-13-19(27-15)24(31)32-28-23-17(14-30-11-10-26-16(30)2)8-9-21-22(23)18-6-4-5-7-20(18)29(21)3/h4-7,10-13,17H,8-9,14H2,1-3H3/b28-23+. The van der Waals surface area contributed by atoms with Crippen LogP contribution in [0.15, 0.2) is 54.2 Å². The van der Waals surface area contributed by atoms with E-state index in [9.17, 15) is 4.79 Å². The zero-order valence-corrected chi connectivity index (χ0v) is 18.3. The molecule has 8 nitrogen and oxygen atoms in total. The Morgan fingerprint density at radius 2 is 2.09 bits per heavy atom. The van der Waals surface area contributed by atoms with Gasteiger partial charge in [-0.1, -0.05) is 23.4 Å². The fraction of sp³-hybridized carbons (Fsp3) is 0.292. The minimum absolute atomic E-state index is 0.0811. The third-order valence-electron chi connectivity index (χ3n) is 6.13. The lowest BCUT2D eigenvalue weighted by molar-refractivity contribution is 0.0505. The largest absolute Gasteiger partial charge is 0.385 e. The SMILES string of the molecule is Cc1cncc(C(=O)O/N=C2/c3c(n(C)c4ccccc34)CCC2Cn2ccnc2C)n1. The zero-order valence-electron chi connectivity index (χ0n) is 18.3. The van der Waals surface area contributed by atoms with Gasteiger partial charge >= 0.3 is 5.97 Å². The lowest BCUT2D eigenvalue weighted by atomic mass is 9.84. The van der Waals surface area contributed by atoms with Crippen LogP contribution in [-0.2, 0) is 24.9 Å². The van der Waals surface area contributed by atoms with Gasteiger partial charge in [-0.15, -0.1) is 0 Å². The van der Waals surface area contributed by atoms with E-state index in [0.717, 1.165) is 47.4 Å². The van der Waals surface area contributed by atoms with E-state index < -0.39 is 5.97 Å². The first-order valence-electron chi connectivity index (χ1n) is 10.6. The predicted molar refractivity (Wildman–Crippen MR) is 120 cm³/mol. The first-order chi connectivity index (χ1) is 15.5. The number of fused-ring (bicyclic) bond motifs is 3. The van der Waals surface area contributed by atoms with Gasteiger partial charge in [-0.05, 0) is 32.8 Å². The third kappa shape index (κ3) is 3.47. The lowest BCUT2D eigenvalue weighted by Crippen LogP contribution is -2.28. The van der Waals surface area contributed by atoms with Crippen LogP contribution in [0, 0.1) is 19.8 Å². The molecule has 5 rings (SSSR count). The van der Waals surface area contributed by atoms with Crippen molar-refractivity contribution in [2.45, 2.75) is 33.2 Å². The van der Waals surface area contributed by atoms with Crippen molar-refractivity contribution >= 4 is 22.6 Å². The molecule has 0 bridgehead atoms. The highest BCUT2D eigenvalue weighted by atomic mass is 16.7. The first-order valence-corrected chi connectivity index (χ1v) is 10.6. The molecule has 0 fully saturated rings. The molecule has 1 aliphatic rings. The summed E-state index contributed by atoms with van der Waals surface area (Å²) < 4.78 is 4.33. The van der Waals surface area contributed by atoms with Crippen molar-refractivity contribution in [3.05, 3.63) is 77.5 Å². The second kappa shape index (κ2) is 8.03. The molecule has 0 amide bonds. The van der Waals surface area contributed by atoms with Gasteiger partial charge in [0.05, 0.1) is 17.6 Å². The summed E-state index contributed by atoms with van der Waals surface area (Å²) in [6, 6.07) is 8.27. The Morgan fingerprint density at radius 3 is 2.88 bits per heavy atom. The number of rotatable bonds is 4. The van der Waals surface area contributed by atoms with Crippen LogP contribution in [0.4, 0.5) is 0 Å². The van der Waals surface area contributed by atoms with Gasteiger partial charge in [0.25, 0.3) is 0 Å². The highest BCUT2D eigenvalue weighted by molar-refractivity contribution is 6.14. The molecule has 0 N–H and O–H groups in total. The Kier molecular flexibility index (Phi) is 5.05. The summed E-state index contributed by atoms with van der Waals surface area (Å²) in [5.74, 6) is 0.413. The normalized spacial score (nSPS) is 17.0. The topological polar surface area (TPSA) is 87.2 Å². The molecule has 0 saturated heterocycles. The second-order valence-corrected chi connectivity index (χ2v) is 8.16. The number of oxime groups is 1. The maximum atomic E-state index is 12.6. The van der Waals surface area contributed by atoms with E-state index in [4.69, 9.17) is 4.84 Å².